The van der Waals surface area contributed by atoms with Crippen LogP contribution in [0.25, 0.3) is 0 Å². The number of nitrogens with zero attached hydrogens (tertiary/aromatic N) is 5. The average Bonchev–Trinajstić information content (AvgIpc) is 2.64. The summed E-state index contributed by atoms with van der Waals surface area (Å²) in [6, 6.07) is 0. The molecule has 1 saturated heterocycles. The molecule has 2 aromatic heterocycles. The molecule has 8 heteroatoms. The highest BCUT2D eigenvalue weighted by Crippen LogP contribution is 2.21. The Morgan fingerprint density at radius 1 is 1.25 bits per heavy atom. The molecule has 0 bridgehead atoms. The molecule has 2 N–H and O–H groups in total. The minimum Gasteiger partial charge on any atom is -0.341 e. The van der Waals surface area contributed by atoms with E-state index in [0.717, 1.165) is 43.9 Å². The standard InChI is InChI=1S/C16H20ClN7/c1-2-11-9-21-16(22-10-11)23-6-3-12(4-7-23)14(18)24-8-5-20-13(17)15(24)19/h5,8-10,12,18-19H,2-4,6-7H2,1H3. The van der Waals surface area contributed by atoms with Crippen LogP contribution in [0, 0.1) is 16.7 Å². The molecule has 0 spiro atoms. The van der Waals surface area contributed by atoms with Crippen molar-refractivity contribution >= 4 is 23.4 Å². The fourth-order valence-electron chi connectivity index (χ4n) is 2.84. The lowest BCUT2D eigenvalue weighted by atomic mass is 9.95. The second-order valence-electron chi connectivity index (χ2n) is 5.83. The lowest BCUT2D eigenvalue weighted by molar-refractivity contribution is 0.484. The molecule has 1 fully saturated rings. The number of nitrogens with one attached hydrogen (secondary N) is 2. The molecule has 0 aliphatic carbocycles. The van der Waals surface area contributed by atoms with E-state index >= 15 is 0 Å². The van der Waals surface area contributed by atoms with Gasteiger partial charge in [-0.1, -0.05) is 18.5 Å². The Labute approximate surface area is 145 Å². The first-order valence-electron chi connectivity index (χ1n) is 8.02. The van der Waals surface area contributed by atoms with Gasteiger partial charge in [0, 0.05) is 43.8 Å². The van der Waals surface area contributed by atoms with Crippen molar-refractivity contribution in [1.82, 2.24) is 19.5 Å². The van der Waals surface area contributed by atoms with Gasteiger partial charge in [-0.25, -0.2) is 15.0 Å². The van der Waals surface area contributed by atoms with E-state index in [4.69, 9.17) is 22.4 Å². The van der Waals surface area contributed by atoms with E-state index in [1.54, 1.807) is 6.20 Å². The highest BCUT2D eigenvalue weighted by Gasteiger charge is 2.25. The summed E-state index contributed by atoms with van der Waals surface area (Å²) >= 11 is 5.88. The molecule has 7 nitrogen and oxygen atoms in total. The Morgan fingerprint density at radius 3 is 2.54 bits per heavy atom. The van der Waals surface area contributed by atoms with Crippen molar-refractivity contribution in [1.29, 1.82) is 10.8 Å². The molecule has 0 amide bonds. The van der Waals surface area contributed by atoms with E-state index in [0.29, 0.717) is 5.84 Å². The molecule has 0 aromatic carbocycles. The number of halogens is 1. The van der Waals surface area contributed by atoms with Gasteiger partial charge in [0.05, 0.1) is 0 Å². The number of anilines is 1. The normalized spacial score (nSPS) is 15.5. The summed E-state index contributed by atoms with van der Waals surface area (Å²) in [6.45, 7) is 3.68. The van der Waals surface area contributed by atoms with Crippen LogP contribution in [0.1, 0.15) is 25.3 Å². The van der Waals surface area contributed by atoms with Crippen LogP contribution in [0.4, 0.5) is 5.95 Å². The van der Waals surface area contributed by atoms with E-state index < -0.39 is 0 Å². The summed E-state index contributed by atoms with van der Waals surface area (Å²) < 4.78 is 1.50. The zero-order valence-electron chi connectivity index (χ0n) is 13.5. The topological polar surface area (TPSA) is 94.5 Å². The van der Waals surface area contributed by atoms with Crippen LogP contribution in [0.3, 0.4) is 0 Å². The minimum absolute atomic E-state index is 0.0603. The largest absolute Gasteiger partial charge is 0.341 e. The van der Waals surface area contributed by atoms with Crippen LogP contribution in [0.5, 0.6) is 0 Å². The van der Waals surface area contributed by atoms with Gasteiger partial charge in [-0.05, 0) is 24.8 Å². The first-order valence-corrected chi connectivity index (χ1v) is 8.40. The van der Waals surface area contributed by atoms with Gasteiger partial charge in [-0.3, -0.25) is 15.4 Å². The average molecular weight is 346 g/mol. The van der Waals surface area contributed by atoms with E-state index in [1.807, 2.05) is 12.4 Å². The first-order chi connectivity index (χ1) is 11.6. The second-order valence-corrected chi connectivity index (χ2v) is 6.19. The Balaban J connectivity index is 1.67. The van der Waals surface area contributed by atoms with E-state index in [-0.39, 0.29) is 16.6 Å². The predicted octanol–water partition coefficient (Wildman–Crippen LogP) is 2.11. The fraction of sp³-hybridized carbons (Fsp3) is 0.438. The smallest absolute Gasteiger partial charge is 0.225 e. The number of aromatic nitrogens is 4. The Kier molecular flexibility index (Phi) is 4.89. The van der Waals surface area contributed by atoms with Crippen molar-refractivity contribution in [2.24, 2.45) is 5.92 Å². The summed E-state index contributed by atoms with van der Waals surface area (Å²) in [6.07, 6.45) is 9.47. The highest BCUT2D eigenvalue weighted by molar-refractivity contribution is 6.29. The highest BCUT2D eigenvalue weighted by atomic mass is 35.5. The van der Waals surface area contributed by atoms with Crippen molar-refractivity contribution < 1.29 is 0 Å². The molecule has 24 heavy (non-hydrogen) atoms. The Bertz CT molecular complexity index is 776. The molecule has 0 saturated carbocycles. The van der Waals surface area contributed by atoms with Crippen LogP contribution in [-0.2, 0) is 6.42 Å². The number of rotatable bonds is 3. The number of piperidine rings is 1. The molecule has 0 atom stereocenters. The molecule has 0 radical (unpaired) electrons. The SMILES string of the molecule is CCc1cnc(N2CCC(C(=N)n3ccnc(Cl)c3=N)CC2)nc1. The minimum atomic E-state index is 0.0603. The summed E-state index contributed by atoms with van der Waals surface area (Å²) in [4.78, 5) is 14.9. The maximum Gasteiger partial charge on any atom is 0.225 e. The van der Waals surface area contributed by atoms with Gasteiger partial charge in [-0.15, -0.1) is 0 Å². The maximum atomic E-state index is 8.39. The second kappa shape index (κ2) is 7.09. The van der Waals surface area contributed by atoms with Gasteiger partial charge in [-0.2, -0.15) is 0 Å². The maximum absolute atomic E-state index is 8.39. The monoisotopic (exact) mass is 345 g/mol. The molecule has 3 rings (SSSR count). The first kappa shape index (κ1) is 16.6. The van der Waals surface area contributed by atoms with Gasteiger partial charge >= 0.3 is 0 Å². The van der Waals surface area contributed by atoms with Crippen LogP contribution >= 0.6 is 11.6 Å². The summed E-state index contributed by atoms with van der Waals surface area (Å²) in [7, 11) is 0. The summed E-state index contributed by atoms with van der Waals surface area (Å²) in [5.74, 6) is 1.23. The molecule has 126 valence electrons. The zero-order valence-corrected chi connectivity index (χ0v) is 14.3. The molecule has 1 aliphatic rings. The number of hydrogen-bond donors (Lipinski definition) is 2. The van der Waals surface area contributed by atoms with Crippen LogP contribution in [0.2, 0.25) is 5.15 Å². The van der Waals surface area contributed by atoms with Gasteiger partial charge in [0.1, 0.15) is 5.84 Å². The third-order valence-corrected chi connectivity index (χ3v) is 4.64. The Hall–Kier alpha value is -2.28. The zero-order chi connectivity index (χ0) is 17.1. The van der Waals surface area contributed by atoms with E-state index in [2.05, 4.69) is 26.8 Å². The van der Waals surface area contributed by atoms with Crippen molar-refractivity contribution in [3.63, 3.8) is 0 Å². The lowest BCUT2D eigenvalue weighted by Crippen LogP contribution is -2.41. The van der Waals surface area contributed by atoms with Crippen molar-refractivity contribution in [3.8, 4) is 0 Å². The van der Waals surface area contributed by atoms with Crippen LogP contribution in [-0.4, -0.2) is 38.4 Å². The van der Waals surface area contributed by atoms with Crippen LogP contribution < -0.4 is 10.4 Å². The van der Waals surface area contributed by atoms with Gasteiger partial charge in [0.25, 0.3) is 0 Å². The molecular weight excluding hydrogens is 326 g/mol. The molecule has 1 aliphatic heterocycles. The van der Waals surface area contributed by atoms with E-state index in [1.165, 1.54) is 10.8 Å². The quantitative estimate of drug-likeness (QED) is 0.658. The van der Waals surface area contributed by atoms with Crippen molar-refractivity contribution in [2.75, 3.05) is 18.0 Å². The molecular formula is C16H20ClN7. The van der Waals surface area contributed by atoms with Gasteiger partial charge in [0.2, 0.25) is 5.95 Å². The third-order valence-electron chi connectivity index (χ3n) is 4.36. The summed E-state index contributed by atoms with van der Waals surface area (Å²) in [5.41, 5.74) is 1.19. The Morgan fingerprint density at radius 2 is 1.92 bits per heavy atom. The van der Waals surface area contributed by atoms with Crippen LogP contribution in [0.15, 0.2) is 24.8 Å². The summed E-state index contributed by atoms with van der Waals surface area (Å²) in [5, 5.41) is 16.5. The third kappa shape index (κ3) is 3.31. The van der Waals surface area contributed by atoms with Crippen molar-refractivity contribution in [3.05, 3.63) is 41.0 Å². The van der Waals surface area contributed by atoms with Crippen molar-refractivity contribution in [2.45, 2.75) is 26.2 Å². The predicted molar refractivity (Wildman–Crippen MR) is 92.6 cm³/mol. The number of aryl methyl sites for hydroxylation is 1. The number of hydrogen-bond acceptors (Lipinski definition) is 6. The molecule has 3 heterocycles. The lowest BCUT2D eigenvalue weighted by Gasteiger charge is -2.32. The molecule has 2 aromatic rings. The van der Waals surface area contributed by atoms with Gasteiger partial charge in [0.15, 0.2) is 10.6 Å². The molecule has 0 unspecified atom stereocenters. The fourth-order valence-corrected chi connectivity index (χ4v) is 2.99. The van der Waals surface area contributed by atoms with Gasteiger partial charge < -0.3 is 4.90 Å². The van der Waals surface area contributed by atoms with E-state index in [9.17, 15) is 0 Å².